The Morgan fingerprint density at radius 2 is 1.67 bits per heavy atom. The summed E-state index contributed by atoms with van der Waals surface area (Å²) in [5, 5.41) is 7.19. The standard InChI is InChI=1S/C24H18ClN3O2/c25-19-9-6-16(7-10-19)14-22(28-23(29)18-4-2-1-3-5-18)24(30)27-20-11-8-17-12-13-26-21(17)15-20/h1-15,26H,(H,27,30)(H,28,29)/b22-14+. The molecular weight excluding hydrogens is 398 g/mol. The first-order chi connectivity index (χ1) is 14.6. The van der Waals surface area contributed by atoms with Crippen molar-refractivity contribution in [2.24, 2.45) is 0 Å². The van der Waals surface area contributed by atoms with E-state index in [9.17, 15) is 9.59 Å². The van der Waals surface area contributed by atoms with Gasteiger partial charge in [-0.2, -0.15) is 0 Å². The molecule has 0 aliphatic rings. The molecule has 0 fully saturated rings. The van der Waals surface area contributed by atoms with Crippen LogP contribution >= 0.6 is 11.6 Å². The van der Waals surface area contributed by atoms with Crippen LogP contribution in [0.5, 0.6) is 0 Å². The molecule has 3 aromatic carbocycles. The number of carbonyl (C=O) groups excluding carboxylic acids is 2. The second-order valence-corrected chi connectivity index (χ2v) is 7.10. The molecule has 0 spiro atoms. The number of H-pyrrole nitrogens is 1. The number of carbonyl (C=O) groups is 2. The van der Waals surface area contributed by atoms with Crippen molar-refractivity contribution in [2.75, 3.05) is 5.32 Å². The largest absolute Gasteiger partial charge is 0.361 e. The second kappa shape index (κ2) is 8.68. The van der Waals surface area contributed by atoms with Gasteiger partial charge in [0.2, 0.25) is 0 Å². The summed E-state index contributed by atoms with van der Waals surface area (Å²) in [6.07, 6.45) is 3.45. The van der Waals surface area contributed by atoms with Crippen LogP contribution in [0.1, 0.15) is 15.9 Å². The van der Waals surface area contributed by atoms with Crippen molar-refractivity contribution in [3.05, 3.63) is 107 Å². The molecule has 30 heavy (non-hydrogen) atoms. The molecule has 1 aromatic heterocycles. The average molecular weight is 416 g/mol. The molecule has 4 rings (SSSR count). The van der Waals surface area contributed by atoms with E-state index in [0.717, 1.165) is 16.5 Å². The Morgan fingerprint density at radius 1 is 0.900 bits per heavy atom. The van der Waals surface area contributed by atoms with E-state index in [1.807, 2.05) is 36.5 Å². The highest BCUT2D eigenvalue weighted by molar-refractivity contribution is 6.30. The van der Waals surface area contributed by atoms with Crippen molar-refractivity contribution in [3.63, 3.8) is 0 Å². The molecule has 0 saturated heterocycles. The van der Waals surface area contributed by atoms with Crippen molar-refractivity contribution in [1.82, 2.24) is 10.3 Å². The third-order valence-corrected chi connectivity index (χ3v) is 4.77. The van der Waals surface area contributed by atoms with Gasteiger partial charge in [0.25, 0.3) is 11.8 Å². The van der Waals surface area contributed by atoms with Crippen LogP contribution in [0.4, 0.5) is 5.69 Å². The highest BCUT2D eigenvalue weighted by Gasteiger charge is 2.15. The quantitative estimate of drug-likeness (QED) is 0.390. The van der Waals surface area contributed by atoms with Gasteiger partial charge in [-0.25, -0.2) is 0 Å². The Morgan fingerprint density at radius 3 is 2.43 bits per heavy atom. The number of rotatable bonds is 5. The maximum absolute atomic E-state index is 13.0. The van der Waals surface area contributed by atoms with Gasteiger partial charge in [0.15, 0.2) is 0 Å². The van der Waals surface area contributed by atoms with Gasteiger partial charge in [0.05, 0.1) is 0 Å². The normalized spacial score (nSPS) is 11.3. The molecule has 0 bridgehead atoms. The molecular formula is C24H18ClN3O2. The van der Waals surface area contributed by atoms with E-state index in [-0.39, 0.29) is 11.6 Å². The van der Waals surface area contributed by atoms with Crippen LogP contribution in [0.2, 0.25) is 5.02 Å². The third kappa shape index (κ3) is 4.59. The Balaban J connectivity index is 1.61. The van der Waals surface area contributed by atoms with E-state index in [4.69, 9.17) is 11.6 Å². The van der Waals surface area contributed by atoms with E-state index in [1.165, 1.54) is 0 Å². The predicted octanol–water partition coefficient (Wildman–Crippen LogP) is 5.23. The van der Waals surface area contributed by atoms with Gasteiger partial charge in [0.1, 0.15) is 5.70 Å². The van der Waals surface area contributed by atoms with E-state index in [0.29, 0.717) is 16.3 Å². The van der Waals surface area contributed by atoms with E-state index in [2.05, 4.69) is 15.6 Å². The van der Waals surface area contributed by atoms with E-state index >= 15 is 0 Å². The fourth-order valence-electron chi connectivity index (χ4n) is 2.99. The van der Waals surface area contributed by atoms with Crippen LogP contribution in [0.25, 0.3) is 17.0 Å². The molecule has 0 atom stereocenters. The summed E-state index contributed by atoms with van der Waals surface area (Å²) in [6, 6.07) is 23.2. The first kappa shape index (κ1) is 19.5. The number of aromatic amines is 1. The summed E-state index contributed by atoms with van der Waals surface area (Å²) in [5.74, 6) is -0.800. The third-order valence-electron chi connectivity index (χ3n) is 4.52. The molecule has 6 heteroatoms. The van der Waals surface area contributed by atoms with Crippen LogP contribution in [0.15, 0.2) is 90.8 Å². The molecule has 5 nitrogen and oxygen atoms in total. The lowest BCUT2D eigenvalue weighted by Gasteiger charge is -2.11. The van der Waals surface area contributed by atoms with Crippen LogP contribution in [-0.4, -0.2) is 16.8 Å². The molecule has 2 amide bonds. The predicted molar refractivity (Wildman–Crippen MR) is 120 cm³/mol. The summed E-state index contributed by atoms with van der Waals surface area (Å²) >= 11 is 5.95. The van der Waals surface area contributed by atoms with Crippen molar-refractivity contribution < 1.29 is 9.59 Å². The van der Waals surface area contributed by atoms with Crippen LogP contribution in [0.3, 0.4) is 0 Å². The fourth-order valence-corrected chi connectivity index (χ4v) is 3.12. The van der Waals surface area contributed by atoms with Crippen molar-refractivity contribution in [3.8, 4) is 0 Å². The summed E-state index contributed by atoms with van der Waals surface area (Å²) in [6.45, 7) is 0. The highest BCUT2D eigenvalue weighted by Crippen LogP contribution is 2.19. The SMILES string of the molecule is O=C(Nc1ccc2cc[nH]c2c1)/C(=C\c1ccc(Cl)cc1)NC(=O)c1ccccc1. The summed E-state index contributed by atoms with van der Waals surface area (Å²) < 4.78 is 0. The molecule has 0 aliphatic heterocycles. The highest BCUT2D eigenvalue weighted by atomic mass is 35.5. The number of aromatic nitrogens is 1. The summed E-state index contributed by atoms with van der Waals surface area (Å²) in [7, 11) is 0. The molecule has 0 aliphatic carbocycles. The van der Waals surface area contributed by atoms with E-state index in [1.54, 1.807) is 54.6 Å². The zero-order valence-corrected chi connectivity index (χ0v) is 16.6. The average Bonchev–Trinajstić information content (AvgIpc) is 3.23. The fraction of sp³-hybridized carbons (Fsp3) is 0. The lowest BCUT2D eigenvalue weighted by atomic mass is 10.1. The van der Waals surface area contributed by atoms with Gasteiger partial charge in [-0.1, -0.05) is 48.0 Å². The number of hydrogen-bond acceptors (Lipinski definition) is 2. The number of benzene rings is 3. The summed E-state index contributed by atoms with van der Waals surface area (Å²) in [5.41, 5.74) is 2.84. The van der Waals surface area contributed by atoms with E-state index < -0.39 is 5.91 Å². The zero-order chi connectivity index (χ0) is 20.9. The molecule has 0 saturated carbocycles. The minimum absolute atomic E-state index is 0.123. The monoisotopic (exact) mass is 415 g/mol. The lowest BCUT2D eigenvalue weighted by Crippen LogP contribution is -2.30. The minimum atomic E-state index is -0.430. The van der Waals surface area contributed by atoms with Crippen molar-refractivity contribution in [1.29, 1.82) is 0 Å². The van der Waals surface area contributed by atoms with Gasteiger partial charge in [0, 0.05) is 28.0 Å². The number of fused-ring (bicyclic) bond motifs is 1. The van der Waals surface area contributed by atoms with Crippen LogP contribution in [-0.2, 0) is 4.79 Å². The number of amides is 2. The number of anilines is 1. The molecule has 148 valence electrons. The number of halogens is 1. The van der Waals surface area contributed by atoms with Gasteiger partial charge < -0.3 is 15.6 Å². The maximum Gasteiger partial charge on any atom is 0.272 e. The molecule has 0 radical (unpaired) electrons. The second-order valence-electron chi connectivity index (χ2n) is 6.66. The van der Waals surface area contributed by atoms with Gasteiger partial charge in [-0.05, 0) is 59.5 Å². The Kier molecular flexibility index (Phi) is 5.63. The van der Waals surface area contributed by atoms with Crippen LogP contribution in [0, 0.1) is 0 Å². The molecule has 0 unspecified atom stereocenters. The first-order valence-electron chi connectivity index (χ1n) is 9.31. The molecule has 4 aromatic rings. The van der Waals surface area contributed by atoms with Crippen molar-refractivity contribution in [2.45, 2.75) is 0 Å². The smallest absolute Gasteiger partial charge is 0.272 e. The minimum Gasteiger partial charge on any atom is -0.361 e. The van der Waals surface area contributed by atoms with Crippen molar-refractivity contribution >= 4 is 46.1 Å². The summed E-state index contributed by atoms with van der Waals surface area (Å²) in [4.78, 5) is 28.7. The van der Waals surface area contributed by atoms with Crippen LogP contribution < -0.4 is 10.6 Å². The Labute approximate surface area is 178 Å². The zero-order valence-electron chi connectivity index (χ0n) is 15.9. The topological polar surface area (TPSA) is 74.0 Å². The maximum atomic E-state index is 13.0. The first-order valence-corrected chi connectivity index (χ1v) is 9.68. The molecule has 3 N–H and O–H groups in total. The Hall–Kier alpha value is -3.83. The Bertz CT molecular complexity index is 1230. The van der Waals surface area contributed by atoms with Gasteiger partial charge in [-0.15, -0.1) is 0 Å². The van der Waals surface area contributed by atoms with Gasteiger partial charge >= 0.3 is 0 Å². The lowest BCUT2D eigenvalue weighted by molar-refractivity contribution is -0.113. The number of hydrogen-bond donors (Lipinski definition) is 3. The molecule has 1 heterocycles. The number of nitrogens with one attached hydrogen (secondary N) is 3. The van der Waals surface area contributed by atoms with Gasteiger partial charge in [-0.3, -0.25) is 9.59 Å².